The van der Waals surface area contributed by atoms with Gasteiger partial charge in [-0.3, -0.25) is 0 Å². The third-order valence-electron chi connectivity index (χ3n) is 4.33. The molecule has 2 aliphatic carbocycles. The molecule has 3 rings (SSSR count). The lowest BCUT2D eigenvalue weighted by Crippen LogP contribution is -2.39. The minimum atomic E-state index is -4.20. The molecule has 3 N–H and O–H groups in total. The third-order valence-corrected chi connectivity index (χ3v) is 5.87. The monoisotopic (exact) mass is 302 g/mol. The first-order valence-electron chi connectivity index (χ1n) is 6.63. The van der Waals surface area contributed by atoms with E-state index in [-0.39, 0.29) is 17.6 Å². The summed E-state index contributed by atoms with van der Waals surface area (Å²) in [7, 11) is -4.20. The number of hydrogen-bond acceptors (Lipinski definition) is 3. The number of sulfonamides is 1. The number of halogens is 2. The van der Waals surface area contributed by atoms with Crippen LogP contribution in [0.15, 0.2) is 17.0 Å². The maximum absolute atomic E-state index is 13.7. The Hall–Kier alpha value is -1.21. The van der Waals surface area contributed by atoms with Crippen LogP contribution in [-0.4, -0.2) is 14.5 Å². The van der Waals surface area contributed by atoms with Crippen LogP contribution in [0.1, 0.15) is 25.7 Å². The molecule has 2 aliphatic rings. The highest BCUT2D eigenvalue weighted by atomic mass is 32.2. The Morgan fingerprint density at radius 1 is 1.15 bits per heavy atom. The Bertz CT molecular complexity index is 625. The highest BCUT2D eigenvalue weighted by Gasteiger charge is 2.42. The molecular formula is C13H16F2N2O2S. The lowest BCUT2D eigenvalue weighted by molar-refractivity contribution is 0.388. The second-order valence-electron chi connectivity index (χ2n) is 5.72. The number of nitrogen functional groups attached to an aromatic ring is 1. The zero-order valence-electron chi connectivity index (χ0n) is 10.8. The third kappa shape index (κ3) is 2.29. The van der Waals surface area contributed by atoms with Crippen LogP contribution in [0.2, 0.25) is 0 Å². The van der Waals surface area contributed by atoms with Crippen molar-refractivity contribution >= 4 is 15.7 Å². The molecule has 1 aromatic carbocycles. The van der Waals surface area contributed by atoms with Crippen molar-refractivity contribution in [2.24, 2.45) is 11.8 Å². The van der Waals surface area contributed by atoms with Crippen LogP contribution in [0.3, 0.4) is 0 Å². The van der Waals surface area contributed by atoms with Crippen LogP contribution in [0.5, 0.6) is 0 Å². The Balaban J connectivity index is 1.89. The smallest absolute Gasteiger partial charge is 0.246 e. The summed E-state index contributed by atoms with van der Waals surface area (Å²) >= 11 is 0. The number of anilines is 1. The molecule has 4 nitrogen and oxygen atoms in total. The van der Waals surface area contributed by atoms with E-state index in [2.05, 4.69) is 4.72 Å². The van der Waals surface area contributed by atoms with Crippen LogP contribution in [0.4, 0.5) is 14.5 Å². The van der Waals surface area contributed by atoms with Crippen molar-refractivity contribution < 1.29 is 17.2 Å². The summed E-state index contributed by atoms with van der Waals surface area (Å²) in [6.45, 7) is 0. The molecule has 7 heteroatoms. The van der Waals surface area contributed by atoms with Crippen LogP contribution in [0, 0.1) is 23.5 Å². The minimum absolute atomic E-state index is 0.140. The molecule has 1 aromatic rings. The van der Waals surface area contributed by atoms with Crippen LogP contribution in [0.25, 0.3) is 0 Å². The topological polar surface area (TPSA) is 72.2 Å². The van der Waals surface area contributed by atoms with E-state index in [0.29, 0.717) is 5.92 Å². The normalized spacial score (nSPS) is 29.0. The van der Waals surface area contributed by atoms with Crippen molar-refractivity contribution in [3.63, 3.8) is 0 Å². The van der Waals surface area contributed by atoms with E-state index in [9.17, 15) is 17.2 Å². The van der Waals surface area contributed by atoms with Gasteiger partial charge in [0.1, 0.15) is 11.6 Å². The number of nitrogens with two attached hydrogens (primary N) is 1. The highest BCUT2D eigenvalue weighted by Crippen LogP contribution is 2.44. The average molecular weight is 302 g/mol. The fourth-order valence-electron chi connectivity index (χ4n) is 3.48. The van der Waals surface area contributed by atoms with Gasteiger partial charge in [-0.15, -0.1) is 0 Å². The minimum Gasteiger partial charge on any atom is -0.399 e. The van der Waals surface area contributed by atoms with E-state index in [1.165, 1.54) is 0 Å². The first kappa shape index (κ1) is 13.8. The number of nitrogens with one attached hydrogen (secondary N) is 1. The van der Waals surface area contributed by atoms with Crippen molar-refractivity contribution in [2.45, 2.75) is 36.6 Å². The Kier molecular flexibility index (Phi) is 3.21. The predicted octanol–water partition coefficient (Wildman–Crippen LogP) is 2.01. The van der Waals surface area contributed by atoms with Gasteiger partial charge in [0.05, 0.1) is 0 Å². The van der Waals surface area contributed by atoms with Crippen LogP contribution in [-0.2, 0) is 10.0 Å². The van der Waals surface area contributed by atoms with Crippen molar-refractivity contribution in [1.29, 1.82) is 0 Å². The lowest BCUT2D eigenvalue weighted by Gasteiger charge is -2.23. The van der Waals surface area contributed by atoms with E-state index in [1.54, 1.807) is 0 Å². The Morgan fingerprint density at radius 2 is 1.80 bits per heavy atom. The highest BCUT2D eigenvalue weighted by molar-refractivity contribution is 7.89. The van der Waals surface area contributed by atoms with Gasteiger partial charge in [0.15, 0.2) is 4.90 Å². The molecule has 3 atom stereocenters. The van der Waals surface area contributed by atoms with Crippen LogP contribution >= 0.6 is 0 Å². The molecule has 3 unspecified atom stereocenters. The van der Waals surface area contributed by atoms with Crippen molar-refractivity contribution in [3.05, 3.63) is 23.8 Å². The Morgan fingerprint density at radius 3 is 2.30 bits per heavy atom. The molecule has 0 aromatic heterocycles. The molecule has 2 saturated carbocycles. The van der Waals surface area contributed by atoms with E-state index < -0.39 is 26.6 Å². The molecule has 0 saturated heterocycles. The first-order valence-corrected chi connectivity index (χ1v) is 8.12. The van der Waals surface area contributed by atoms with Gasteiger partial charge in [0.25, 0.3) is 0 Å². The van der Waals surface area contributed by atoms with Crippen molar-refractivity contribution in [2.75, 3.05) is 5.73 Å². The van der Waals surface area contributed by atoms with Gasteiger partial charge < -0.3 is 5.73 Å². The van der Waals surface area contributed by atoms with E-state index in [0.717, 1.165) is 37.8 Å². The molecule has 2 fully saturated rings. The summed E-state index contributed by atoms with van der Waals surface area (Å²) in [6.07, 6.45) is 3.85. The summed E-state index contributed by atoms with van der Waals surface area (Å²) in [4.78, 5) is -0.936. The Labute approximate surface area is 116 Å². The lowest BCUT2D eigenvalue weighted by atomic mass is 9.96. The number of rotatable bonds is 3. The summed E-state index contributed by atoms with van der Waals surface area (Å²) in [5, 5.41) is 0. The zero-order chi connectivity index (χ0) is 14.5. The second kappa shape index (κ2) is 4.66. The van der Waals surface area contributed by atoms with Gasteiger partial charge >= 0.3 is 0 Å². The molecule has 0 spiro atoms. The first-order chi connectivity index (χ1) is 9.37. The number of benzene rings is 1. The quantitative estimate of drug-likeness (QED) is 0.839. The van der Waals surface area contributed by atoms with E-state index >= 15 is 0 Å². The van der Waals surface area contributed by atoms with Gasteiger partial charge in [-0.1, -0.05) is 6.42 Å². The summed E-state index contributed by atoms with van der Waals surface area (Å²) in [6, 6.07) is 1.42. The fourth-order valence-corrected chi connectivity index (χ4v) is 4.92. The van der Waals surface area contributed by atoms with E-state index in [4.69, 9.17) is 5.73 Å². The number of fused-ring (bicyclic) bond motifs is 2. The SMILES string of the molecule is Nc1cc(F)c(S(=O)(=O)NC2CC3CCC2C3)c(F)c1. The maximum Gasteiger partial charge on any atom is 0.246 e. The zero-order valence-corrected chi connectivity index (χ0v) is 11.6. The summed E-state index contributed by atoms with van der Waals surface area (Å²) in [5.41, 5.74) is 5.15. The van der Waals surface area contributed by atoms with Gasteiger partial charge in [-0.25, -0.2) is 21.9 Å². The number of hydrogen-bond donors (Lipinski definition) is 2. The average Bonchev–Trinajstić information content (AvgIpc) is 2.87. The molecule has 0 amide bonds. The van der Waals surface area contributed by atoms with Gasteiger partial charge in [-0.2, -0.15) is 0 Å². The summed E-state index contributed by atoms with van der Waals surface area (Å²) in [5.74, 6) is -1.49. The standard InChI is InChI=1S/C13H16F2N2O2S/c14-10-5-9(16)6-11(15)13(10)20(18,19)17-12-4-7-1-2-8(12)3-7/h5-8,12,17H,1-4,16H2. The van der Waals surface area contributed by atoms with Crippen molar-refractivity contribution in [1.82, 2.24) is 4.72 Å². The fraction of sp³-hybridized carbons (Fsp3) is 0.538. The molecule has 2 bridgehead atoms. The molecule has 0 heterocycles. The largest absolute Gasteiger partial charge is 0.399 e. The van der Waals surface area contributed by atoms with Crippen molar-refractivity contribution in [3.8, 4) is 0 Å². The van der Waals surface area contributed by atoms with E-state index in [1.807, 2.05) is 0 Å². The summed E-state index contributed by atoms with van der Waals surface area (Å²) < 4.78 is 54.3. The molecule has 110 valence electrons. The molecular weight excluding hydrogens is 286 g/mol. The second-order valence-corrected chi connectivity index (χ2v) is 7.37. The molecule has 0 aliphatic heterocycles. The molecule has 20 heavy (non-hydrogen) atoms. The van der Waals surface area contributed by atoms with Gasteiger partial charge in [-0.05, 0) is 43.2 Å². The molecule has 0 radical (unpaired) electrons. The van der Waals surface area contributed by atoms with Gasteiger partial charge in [0, 0.05) is 11.7 Å². The van der Waals surface area contributed by atoms with Gasteiger partial charge in [0.2, 0.25) is 10.0 Å². The maximum atomic E-state index is 13.7. The van der Waals surface area contributed by atoms with Crippen LogP contribution < -0.4 is 10.5 Å². The predicted molar refractivity (Wildman–Crippen MR) is 70.3 cm³/mol.